The number of rotatable bonds is 4. The van der Waals surface area contributed by atoms with Gasteiger partial charge in [0.05, 0.1) is 18.2 Å². The summed E-state index contributed by atoms with van der Waals surface area (Å²) in [7, 11) is 0. The maximum Gasteiger partial charge on any atom is 0.331 e. The molecule has 0 aliphatic rings. The van der Waals surface area contributed by atoms with Gasteiger partial charge in [-0.15, -0.1) is 11.3 Å². The second-order valence-electron chi connectivity index (χ2n) is 6.61. The van der Waals surface area contributed by atoms with Gasteiger partial charge in [0.1, 0.15) is 0 Å². The molecule has 0 saturated heterocycles. The molecule has 0 saturated carbocycles. The van der Waals surface area contributed by atoms with Crippen molar-refractivity contribution in [1.29, 1.82) is 5.26 Å². The Kier molecular flexibility index (Phi) is 5.11. The number of fused-ring (bicyclic) bond motifs is 2. The van der Waals surface area contributed by atoms with Crippen molar-refractivity contribution in [2.24, 2.45) is 0 Å². The number of hydrogen-bond donors (Lipinski definition) is 0. The molecule has 0 spiro atoms. The lowest BCUT2D eigenvalue weighted by Gasteiger charge is -2.09. The molecule has 0 unspecified atom stereocenters. The van der Waals surface area contributed by atoms with Crippen LogP contribution in [0.5, 0.6) is 0 Å². The normalized spacial score (nSPS) is 11.6. The number of nitrogens with zero attached hydrogens (tertiary/aromatic N) is 2. The smallest absolute Gasteiger partial charge is 0.331 e. The third-order valence-electron chi connectivity index (χ3n) is 4.77. The zero-order valence-electron chi connectivity index (χ0n) is 16.1. The molecule has 0 bridgehead atoms. The molecule has 0 N–H and O–H groups in total. The lowest BCUT2D eigenvalue weighted by atomic mass is 9.96. The fourth-order valence-electron chi connectivity index (χ4n) is 3.41. The van der Waals surface area contributed by atoms with Crippen LogP contribution >= 0.6 is 11.3 Å². The first-order valence-electron chi connectivity index (χ1n) is 9.27. The van der Waals surface area contributed by atoms with Gasteiger partial charge in [0.25, 0.3) is 0 Å². The highest BCUT2D eigenvalue weighted by Crippen LogP contribution is 2.39. The Bertz CT molecular complexity index is 1310. The van der Waals surface area contributed by atoms with E-state index in [1.54, 1.807) is 18.3 Å². The first kappa shape index (κ1) is 18.9. The number of carbonyl (C=O) groups is 1. The van der Waals surface area contributed by atoms with Crippen LogP contribution in [0.25, 0.3) is 37.6 Å². The summed E-state index contributed by atoms with van der Waals surface area (Å²) in [6, 6.07) is 16.1. The van der Waals surface area contributed by atoms with Crippen LogP contribution in [0, 0.1) is 11.3 Å². The number of nitriles is 1. The molecule has 2 aromatic heterocycles. The number of allylic oxidation sites excluding steroid dienone is 1. The van der Waals surface area contributed by atoms with Gasteiger partial charge in [-0.1, -0.05) is 30.3 Å². The summed E-state index contributed by atoms with van der Waals surface area (Å²) in [5.41, 5.74) is 3.58. The highest BCUT2D eigenvalue weighted by Gasteiger charge is 2.14. The van der Waals surface area contributed by atoms with Gasteiger partial charge >= 0.3 is 5.97 Å². The molecule has 0 aliphatic heterocycles. The number of thiophene rings is 1. The van der Waals surface area contributed by atoms with Crippen molar-refractivity contribution in [3.05, 3.63) is 71.4 Å². The number of ether oxygens (including phenoxy) is 1. The van der Waals surface area contributed by atoms with Gasteiger partial charge in [0, 0.05) is 44.4 Å². The fourth-order valence-corrected chi connectivity index (χ4v) is 4.54. The first-order valence-corrected chi connectivity index (χ1v) is 10.1. The number of benzene rings is 2. The quantitative estimate of drug-likeness (QED) is 0.314. The molecule has 0 radical (unpaired) electrons. The Morgan fingerprint density at radius 2 is 1.97 bits per heavy atom. The zero-order valence-corrected chi connectivity index (χ0v) is 16.9. The van der Waals surface area contributed by atoms with Gasteiger partial charge in [-0.3, -0.25) is 4.98 Å². The minimum absolute atomic E-state index is 0.334. The zero-order chi connectivity index (χ0) is 20.4. The van der Waals surface area contributed by atoms with Gasteiger partial charge in [0.2, 0.25) is 0 Å². The Labute approximate surface area is 172 Å². The monoisotopic (exact) mass is 398 g/mol. The van der Waals surface area contributed by atoms with E-state index >= 15 is 0 Å². The topological polar surface area (TPSA) is 63.0 Å². The van der Waals surface area contributed by atoms with Gasteiger partial charge in [-0.05, 0) is 42.5 Å². The van der Waals surface area contributed by atoms with Crippen molar-refractivity contribution in [2.75, 3.05) is 6.61 Å². The molecule has 4 aromatic rings. The van der Waals surface area contributed by atoms with Crippen LogP contribution in [-0.4, -0.2) is 17.6 Å². The molecular formula is C24H18N2O2S. The Hall–Kier alpha value is -3.49. The molecule has 5 heteroatoms. The standard InChI is InChI=1S/C24H18N2O2S/c1-3-28-23(27)10-15(2)22-11-17-13-26-14-21(24(17)29-22)20-9-8-16(12-25)18-6-4-5-7-19(18)20/h4-11,13-14H,3H2,1-2H3/b15-10+. The van der Waals surface area contributed by atoms with Crippen LogP contribution in [0.4, 0.5) is 0 Å². The maximum atomic E-state index is 11.8. The number of pyridine rings is 1. The lowest BCUT2D eigenvalue weighted by Crippen LogP contribution is -1.99. The Morgan fingerprint density at radius 1 is 1.17 bits per heavy atom. The predicted molar refractivity (Wildman–Crippen MR) is 118 cm³/mol. The van der Waals surface area contributed by atoms with E-state index in [4.69, 9.17) is 4.74 Å². The fraction of sp³-hybridized carbons (Fsp3) is 0.125. The van der Waals surface area contributed by atoms with E-state index < -0.39 is 0 Å². The van der Waals surface area contributed by atoms with E-state index in [1.165, 1.54) is 6.08 Å². The van der Waals surface area contributed by atoms with Gasteiger partial charge in [-0.2, -0.15) is 5.26 Å². The summed E-state index contributed by atoms with van der Waals surface area (Å²) in [5, 5.41) is 12.4. The minimum Gasteiger partial charge on any atom is -0.463 e. The highest BCUT2D eigenvalue weighted by molar-refractivity contribution is 7.20. The van der Waals surface area contributed by atoms with E-state index in [-0.39, 0.29) is 5.97 Å². The van der Waals surface area contributed by atoms with Gasteiger partial charge in [0.15, 0.2) is 0 Å². The lowest BCUT2D eigenvalue weighted by molar-refractivity contribution is -0.137. The summed E-state index contributed by atoms with van der Waals surface area (Å²) in [5.74, 6) is -0.334. The van der Waals surface area contributed by atoms with Crippen molar-refractivity contribution in [3.8, 4) is 17.2 Å². The van der Waals surface area contributed by atoms with E-state index in [1.807, 2.05) is 61.8 Å². The second kappa shape index (κ2) is 7.86. The Balaban J connectivity index is 1.89. The minimum atomic E-state index is -0.334. The van der Waals surface area contributed by atoms with Crippen molar-refractivity contribution >= 4 is 43.7 Å². The van der Waals surface area contributed by atoms with Crippen molar-refractivity contribution in [3.63, 3.8) is 0 Å². The number of aromatic nitrogens is 1. The summed E-state index contributed by atoms with van der Waals surface area (Å²) in [6.07, 6.45) is 5.22. The summed E-state index contributed by atoms with van der Waals surface area (Å²) >= 11 is 1.62. The Morgan fingerprint density at radius 3 is 2.72 bits per heavy atom. The average Bonchev–Trinajstić information content (AvgIpc) is 3.18. The molecule has 2 aromatic carbocycles. The molecule has 142 valence electrons. The van der Waals surface area contributed by atoms with Crippen LogP contribution in [0.2, 0.25) is 0 Å². The average molecular weight is 398 g/mol. The van der Waals surface area contributed by atoms with E-state index in [2.05, 4.69) is 11.1 Å². The molecule has 4 rings (SSSR count). The van der Waals surface area contributed by atoms with Crippen molar-refractivity contribution in [2.45, 2.75) is 13.8 Å². The SMILES string of the molecule is CCOC(=O)/C=C(\C)c1cc2cncc(-c3ccc(C#N)c4ccccc34)c2s1. The van der Waals surface area contributed by atoms with Crippen molar-refractivity contribution < 1.29 is 9.53 Å². The third kappa shape index (κ3) is 3.51. The van der Waals surface area contributed by atoms with Crippen LogP contribution in [0.3, 0.4) is 0 Å². The summed E-state index contributed by atoms with van der Waals surface area (Å²) < 4.78 is 6.12. The van der Waals surface area contributed by atoms with Gasteiger partial charge in [-0.25, -0.2) is 4.79 Å². The van der Waals surface area contributed by atoms with Crippen LogP contribution < -0.4 is 0 Å². The first-order chi connectivity index (χ1) is 14.1. The van der Waals surface area contributed by atoms with E-state index in [0.717, 1.165) is 42.4 Å². The molecule has 0 fully saturated rings. The number of esters is 1. The summed E-state index contributed by atoms with van der Waals surface area (Å²) in [6.45, 7) is 4.06. The maximum absolute atomic E-state index is 11.8. The highest BCUT2D eigenvalue weighted by atomic mass is 32.1. The van der Waals surface area contributed by atoms with Crippen LogP contribution in [0.15, 0.2) is 60.9 Å². The van der Waals surface area contributed by atoms with Crippen LogP contribution in [0.1, 0.15) is 24.3 Å². The van der Waals surface area contributed by atoms with Crippen molar-refractivity contribution in [1.82, 2.24) is 4.98 Å². The third-order valence-corrected chi connectivity index (χ3v) is 6.09. The molecule has 4 nitrogen and oxygen atoms in total. The van der Waals surface area contributed by atoms with E-state index in [0.29, 0.717) is 12.2 Å². The number of carbonyl (C=O) groups excluding carboxylic acids is 1. The molecular weight excluding hydrogens is 380 g/mol. The second-order valence-corrected chi connectivity index (χ2v) is 7.67. The molecule has 2 heterocycles. The molecule has 0 aliphatic carbocycles. The predicted octanol–water partition coefficient (Wildman–Crippen LogP) is 5.95. The molecule has 0 amide bonds. The van der Waals surface area contributed by atoms with Crippen LogP contribution in [-0.2, 0) is 9.53 Å². The number of hydrogen-bond acceptors (Lipinski definition) is 5. The largest absolute Gasteiger partial charge is 0.463 e. The summed E-state index contributed by atoms with van der Waals surface area (Å²) in [4.78, 5) is 17.2. The van der Waals surface area contributed by atoms with E-state index in [9.17, 15) is 10.1 Å². The van der Waals surface area contributed by atoms with Gasteiger partial charge < -0.3 is 4.74 Å². The molecule has 0 atom stereocenters. The molecule has 29 heavy (non-hydrogen) atoms.